The fourth-order valence-electron chi connectivity index (χ4n) is 1.14. The molecule has 1 rings (SSSR count). The van der Waals surface area contributed by atoms with E-state index in [1.54, 1.807) is 0 Å². The van der Waals surface area contributed by atoms with Crippen molar-refractivity contribution in [2.24, 2.45) is 0 Å². The standard InChI is InChI=1S/C7H7ClF2N2O2S/c1-3-5(7(9)10)6(15(8,13)14)4(11)2-12-3/h2,7H,11H2,1H3. The molecule has 0 fully saturated rings. The van der Waals surface area contributed by atoms with Crippen molar-refractivity contribution in [2.75, 3.05) is 5.73 Å². The first-order chi connectivity index (χ1) is 6.75. The van der Waals surface area contributed by atoms with Gasteiger partial charge in [-0.1, -0.05) is 0 Å². The molecule has 0 amide bonds. The molecular formula is C7H7ClF2N2O2S. The first kappa shape index (κ1) is 12.1. The Kier molecular flexibility index (Phi) is 3.15. The first-order valence-electron chi connectivity index (χ1n) is 3.73. The molecule has 2 N–H and O–H groups in total. The number of aromatic nitrogens is 1. The molecule has 0 saturated carbocycles. The Morgan fingerprint density at radius 1 is 1.53 bits per heavy atom. The number of nitrogen functional groups attached to an aromatic ring is 1. The van der Waals surface area contributed by atoms with Crippen molar-refractivity contribution in [2.45, 2.75) is 18.2 Å². The van der Waals surface area contributed by atoms with E-state index < -0.39 is 25.9 Å². The van der Waals surface area contributed by atoms with Gasteiger partial charge in [0.05, 0.1) is 17.4 Å². The van der Waals surface area contributed by atoms with Gasteiger partial charge in [-0.25, -0.2) is 17.2 Å². The molecule has 0 spiro atoms. The molecular weight excluding hydrogens is 250 g/mol. The summed E-state index contributed by atoms with van der Waals surface area (Å²) in [6.45, 7) is 1.26. The van der Waals surface area contributed by atoms with Crippen LogP contribution in [0.15, 0.2) is 11.1 Å². The Labute approximate surface area is 89.5 Å². The lowest BCUT2D eigenvalue weighted by molar-refractivity contribution is 0.146. The van der Waals surface area contributed by atoms with Gasteiger partial charge in [0.2, 0.25) is 0 Å². The number of pyridine rings is 1. The summed E-state index contributed by atoms with van der Waals surface area (Å²) in [4.78, 5) is 2.79. The van der Waals surface area contributed by atoms with Crippen LogP contribution in [0, 0.1) is 6.92 Å². The Hall–Kier alpha value is -0.950. The Morgan fingerprint density at radius 2 is 2.07 bits per heavy atom. The van der Waals surface area contributed by atoms with E-state index in [4.69, 9.17) is 16.4 Å². The average molecular weight is 257 g/mol. The van der Waals surface area contributed by atoms with Crippen LogP contribution in [0.25, 0.3) is 0 Å². The molecule has 0 aliphatic carbocycles. The molecule has 0 unspecified atom stereocenters. The smallest absolute Gasteiger partial charge is 0.266 e. The summed E-state index contributed by atoms with van der Waals surface area (Å²) in [7, 11) is 0.712. The van der Waals surface area contributed by atoms with Gasteiger partial charge in [0.25, 0.3) is 15.5 Å². The summed E-state index contributed by atoms with van der Waals surface area (Å²) >= 11 is 0. The molecule has 1 aromatic heterocycles. The lowest BCUT2D eigenvalue weighted by Crippen LogP contribution is -2.07. The number of aryl methyl sites for hydroxylation is 1. The highest BCUT2D eigenvalue weighted by atomic mass is 35.7. The van der Waals surface area contributed by atoms with E-state index in [1.807, 2.05) is 0 Å². The third-order valence-corrected chi connectivity index (χ3v) is 3.16. The fourth-order valence-corrected chi connectivity index (χ4v) is 2.49. The fraction of sp³-hybridized carbons (Fsp3) is 0.286. The van der Waals surface area contributed by atoms with E-state index in [1.165, 1.54) is 6.92 Å². The van der Waals surface area contributed by atoms with Gasteiger partial charge >= 0.3 is 0 Å². The molecule has 84 valence electrons. The van der Waals surface area contributed by atoms with Crippen molar-refractivity contribution in [1.82, 2.24) is 4.98 Å². The lowest BCUT2D eigenvalue weighted by Gasteiger charge is -2.10. The second-order valence-electron chi connectivity index (χ2n) is 2.78. The van der Waals surface area contributed by atoms with Crippen molar-refractivity contribution in [1.29, 1.82) is 0 Å². The Bertz CT molecular complexity index is 490. The van der Waals surface area contributed by atoms with Crippen LogP contribution in [0.5, 0.6) is 0 Å². The summed E-state index contributed by atoms with van der Waals surface area (Å²) in [5, 5.41) is 0. The van der Waals surface area contributed by atoms with E-state index in [-0.39, 0.29) is 11.4 Å². The zero-order valence-electron chi connectivity index (χ0n) is 7.54. The summed E-state index contributed by atoms with van der Waals surface area (Å²) < 4.78 is 47.3. The van der Waals surface area contributed by atoms with Crippen LogP contribution >= 0.6 is 10.7 Å². The van der Waals surface area contributed by atoms with E-state index >= 15 is 0 Å². The van der Waals surface area contributed by atoms with Crippen molar-refractivity contribution in [3.05, 3.63) is 17.5 Å². The highest BCUT2D eigenvalue weighted by molar-refractivity contribution is 8.13. The summed E-state index contributed by atoms with van der Waals surface area (Å²) in [5.41, 5.74) is 4.01. The predicted molar refractivity (Wildman–Crippen MR) is 51.4 cm³/mol. The molecule has 0 bridgehead atoms. The topological polar surface area (TPSA) is 73.0 Å². The van der Waals surface area contributed by atoms with Crippen molar-refractivity contribution < 1.29 is 17.2 Å². The van der Waals surface area contributed by atoms with Crippen LogP contribution in [0.3, 0.4) is 0 Å². The largest absolute Gasteiger partial charge is 0.396 e. The summed E-state index contributed by atoms with van der Waals surface area (Å²) in [6.07, 6.45) is -2.01. The van der Waals surface area contributed by atoms with Gasteiger partial charge in [0.15, 0.2) is 0 Å². The molecule has 1 aromatic rings. The van der Waals surface area contributed by atoms with Gasteiger partial charge in [-0.3, -0.25) is 4.98 Å². The minimum absolute atomic E-state index is 0.113. The maximum atomic E-state index is 12.6. The number of anilines is 1. The average Bonchev–Trinajstić information content (AvgIpc) is 2.05. The highest BCUT2D eigenvalue weighted by Crippen LogP contribution is 2.34. The van der Waals surface area contributed by atoms with Crippen molar-refractivity contribution in [3.63, 3.8) is 0 Å². The van der Waals surface area contributed by atoms with Crippen LogP contribution in [0.2, 0.25) is 0 Å². The highest BCUT2D eigenvalue weighted by Gasteiger charge is 2.27. The maximum absolute atomic E-state index is 12.6. The van der Waals surface area contributed by atoms with Crippen LogP contribution < -0.4 is 5.73 Å². The summed E-state index contributed by atoms with van der Waals surface area (Å²) in [6, 6.07) is 0. The number of nitrogens with zero attached hydrogens (tertiary/aromatic N) is 1. The molecule has 0 radical (unpaired) electrons. The van der Waals surface area contributed by atoms with Gasteiger partial charge in [0, 0.05) is 16.4 Å². The van der Waals surface area contributed by atoms with Gasteiger partial charge in [0.1, 0.15) is 4.90 Å². The first-order valence-corrected chi connectivity index (χ1v) is 6.04. The van der Waals surface area contributed by atoms with Crippen LogP contribution in [0.4, 0.5) is 14.5 Å². The quantitative estimate of drug-likeness (QED) is 0.820. The Morgan fingerprint density at radius 3 is 2.40 bits per heavy atom. The zero-order valence-corrected chi connectivity index (χ0v) is 9.11. The predicted octanol–water partition coefficient (Wildman–Crippen LogP) is 1.84. The van der Waals surface area contributed by atoms with Gasteiger partial charge in [-0.05, 0) is 6.92 Å². The number of alkyl halides is 2. The van der Waals surface area contributed by atoms with Crippen LogP contribution in [-0.4, -0.2) is 13.4 Å². The van der Waals surface area contributed by atoms with Crippen LogP contribution in [-0.2, 0) is 9.05 Å². The van der Waals surface area contributed by atoms with Gasteiger partial charge in [-0.15, -0.1) is 0 Å². The summed E-state index contributed by atoms with van der Waals surface area (Å²) in [5.74, 6) is 0. The molecule has 15 heavy (non-hydrogen) atoms. The molecule has 0 aliphatic heterocycles. The second kappa shape index (κ2) is 3.90. The molecule has 0 atom stereocenters. The minimum Gasteiger partial charge on any atom is -0.396 e. The third-order valence-electron chi connectivity index (χ3n) is 1.76. The second-order valence-corrected chi connectivity index (χ2v) is 5.28. The number of nitrogens with two attached hydrogens (primary N) is 1. The third kappa shape index (κ3) is 2.35. The van der Waals surface area contributed by atoms with E-state index in [0.717, 1.165) is 6.20 Å². The number of rotatable bonds is 2. The zero-order chi connectivity index (χ0) is 11.8. The van der Waals surface area contributed by atoms with Gasteiger partial charge in [-0.2, -0.15) is 0 Å². The number of hydrogen-bond acceptors (Lipinski definition) is 4. The number of hydrogen-bond donors (Lipinski definition) is 1. The van der Waals surface area contributed by atoms with E-state index in [0.29, 0.717) is 0 Å². The molecule has 0 aliphatic rings. The lowest BCUT2D eigenvalue weighted by atomic mass is 10.2. The minimum atomic E-state index is -4.30. The van der Waals surface area contributed by atoms with Crippen LogP contribution in [0.1, 0.15) is 17.7 Å². The number of halogens is 3. The normalized spacial score (nSPS) is 12.1. The van der Waals surface area contributed by atoms with Gasteiger partial charge < -0.3 is 5.73 Å². The molecule has 8 heteroatoms. The molecule has 0 saturated heterocycles. The Balaban J connectivity index is 3.68. The monoisotopic (exact) mass is 256 g/mol. The van der Waals surface area contributed by atoms with Crippen molar-refractivity contribution in [3.8, 4) is 0 Å². The van der Waals surface area contributed by atoms with E-state index in [2.05, 4.69) is 4.98 Å². The maximum Gasteiger partial charge on any atom is 0.266 e. The molecule has 1 heterocycles. The molecule has 4 nitrogen and oxygen atoms in total. The van der Waals surface area contributed by atoms with Crippen molar-refractivity contribution >= 4 is 25.4 Å². The SMILES string of the molecule is Cc1ncc(N)c(S(=O)(=O)Cl)c1C(F)F. The van der Waals surface area contributed by atoms with E-state index in [9.17, 15) is 17.2 Å². The molecule has 0 aromatic carbocycles.